The van der Waals surface area contributed by atoms with E-state index in [9.17, 15) is 9.59 Å². The predicted molar refractivity (Wildman–Crippen MR) is 107 cm³/mol. The minimum Gasteiger partial charge on any atom is -0.325 e. The topological polar surface area (TPSA) is 49.4 Å². The summed E-state index contributed by atoms with van der Waals surface area (Å²) < 4.78 is 1.05. The van der Waals surface area contributed by atoms with E-state index in [1.807, 2.05) is 48.5 Å². The minimum absolute atomic E-state index is 0.0212. The van der Waals surface area contributed by atoms with Gasteiger partial charge in [-0.3, -0.25) is 9.59 Å². The first-order valence-corrected chi connectivity index (χ1v) is 10.1. The first-order valence-electron chi connectivity index (χ1n) is 8.14. The fourth-order valence-corrected chi connectivity index (χ4v) is 3.74. The second kappa shape index (κ2) is 8.54. The van der Waals surface area contributed by atoms with Crippen LogP contribution in [0.1, 0.15) is 18.4 Å². The van der Waals surface area contributed by atoms with Crippen LogP contribution in [0.15, 0.2) is 53.0 Å². The zero-order valence-electron chi connectivity index (χ0n) is 13.7. The molecule has 2 amide bonds. The number of carbonyl (C=O) groups is 2. The summed E-state index contributed by atoms with van der Waals surface area (Å²) in [6.07, 6.45) is 1.53. The van der Waals surface area contributed by atoms with E-state index in [1.54, 1.807) is 16.7 Å². The van der Waals surface area contributed by atoms with Crippen molar-refractivity contribution in [2.24, 2.45) is 0 Å². The van der Waals surface area contributed by atoms with Crippen molar-refractivity contribution < 1.29 is 9.59 Å². The van der Waals surface area contributed by atoms with Crippen LogP contribution >= 0.6 is 27.7 Å². The molecule has 2 aromatic rings. The summed E-state index contributed by atoms with van der Waals surface area (Å²) in [4.78, 5) is 25.6. The van der Waals surface area contributed by atoms with Crippen molar-refractivity contribution in [2.45, 2.75) is 18.6 Å². The highest BCUT2D eigenvalue weighted by Crippen LogP contribution is 2.23. The van der Waals surface area contributed by atoms with Gasteiger partial charge in [-0.2, -0.15) is 0 Å². The van der Waals surface area contributed by atoms with E-state index in [0.717, 1.165) is 34.6 Å². The van der Waals surface area contributed by atoms with E-state index in [-0.39, 0.29) is 11.8 Å². The van der Waals surface area contributed by atoms with Crippen molar-refractivity contribution in [1.82, 2.24) is 0 Å². The Balaban J connectivity index is 1.46. The summed E-state index contributed by atoms with van der Waals surface area (Å²) in [6.45, 7) is 0.775. The summed E-state index contributed by atoms with van der Waals surface area (Å²) in [5.41, 5.74) is 2.84. The summed E-state index contributed by atoms with van der Waals surface area (Å²) >= 11 is 4.99. The molecule has 0 saturated carbocycles. The highest BCUT2D eigenvalue weighted by atomic mass is 79.9. The van der Waals surface area contributed by atoms with Crippen LogP contribution in [0.2, 0.25) is 0 Å². The number of anilines is 2. The van der Waals surface area contributed by atoms with E-state index >= 15 is 0 Å². The Morgan fingerprint density at radius 3 is 2.48 bits per heavy atom. The number of amides is 2. The Hall–Kier alpha value is -1.79. The molecule has 3 rings (SSSR count). The molecule has 0 atom stereocenters. The highest BCUT2D eigenvalue weighted by molar-refractivity contribution is 9.10. The lowest BCUT2D eigenvalue weighted by molar-refractivity contribution is -0.117. The predicted octanol–water partition coefficient (Wildman–Crippen LogP) is 4.45. The molecule has 2 aromatic carbocycles. The summed E-state index contributed by atoms with van der Waals surface area (Å²) in [5.74, 6) is 1.35. The molecular formula is C19H19BrN2O2S. The fraction of sp³-hybridized carbons (Fsp3) is 0.263. The van der Waals surface area contributed by atoms with Gasteiger partial charge >= 0.3 is 0 Å². The zero-order valence-corrected chi connectivity index (χ0v) is 16.1. The number of hydrogen-bond acceptors (Lipinski definition) is 3. The van der Waals surface area contributed by atoms with Gasteiger partial charge in [0.25, 0.3) is 0 Å². The van der Waals surface area contributed by atoms with Gasteiger partial charge in [0, 0.05) is 34.6 Å². The molecule has 0 bridgehead atoms. The van der Waals surface area contributed by atoms with E-state index in [0.29, 0.717) is 12.2 Å². The molecule has 0 unspecified atom stereocenters. The van der Waals surface area contributed by atoms with E-state index in [1.165, 1.54) is 5.56 Å². The van der Waals surface area contributed by atoms with Crippen LogP contribution in [0, 0.1) is 0 Å². The third kappa shape index (κ3) is 5.09. The number of hydrogen-bond donors (Lipinski definition) is 1. The van der Waals surface area contributed by atoms with Gasteiger partial charge in [0.2, 0.25) is 11.8 Å². The molecule has 1 heterocycles. The van der Waals surface area contributed by atoms with Gasteiger partial charge in [0.05, 0.1) is 5.75 Å². The van der Waals surface area contributed by atoms with Crippen LogP contribution in [-0.4, -0.2) is 24.1 Å². The van der Waals surface area contributed by atoms with Gasteiger partial charge in [0.1, 0.15) is 0 Å². The van der Waals surface area contributed by atoms with Gasteiger partial charge < -0.3 is 10.2 Å². The molecule has 6 heteroatoms. The molecule has 1 aliphatic heterocycles. The van der Waals surface area contributed by atoms with Crippen molar-refractivity contribution >= 4 is 50.9 Å². The Bertz CT molecular complexity index is 747. The number of nitrogens with one attached hydrogen (secondary N) is 1. The maximum absolute atomic E-state index is 12.0. The van der Waals surface area contributed by atoms with Crippen molar-refractivity contribution in [3.05, 3.63) is 58.6 Å². The van der Waals surface area contributed by atoms with Gasteiger partial charge in [-0.25, -0.2) is 0 Å². The van der Waals surface area contributed by atoms with Crippen LogP contribution < -0.4 is 10.2 Å². The second-order valence-corrected chi connectivity index (χ2v) is 7.76. The number of carbonyl (C=O) groups excluding carboxylic acids is 2. The van der Waals surface area contributed by atoms with Crippen molar-refractivity contribution in [1.29, 1.82) is 0 Å². The number of thioether (sulfide) groups is 1. The average molecular weight is 419 g/mol. The zero-order chi connectivity index (χ0) is 17.6. The van der Waals surface area contributed by atoms with E-state index in [4.69, 9.17) is 0 Å². The normalized spacial score (nSPS) is 14.0. The lowest BCUT2D eigenvalue weighted by Crippen LogP contribution is -2.23. The standard InChI is InChI=1S/C19H19BrN2O2S/c20-15-5-3-14(4-6-15)12-25-13-18(23)21-16-7-9-17(10-8-16)22-11-1-2-19(22)24/h3-10H,1-2,11-13H2,(H,21,23). The van der Waals surface area contributed by atoms with Crippen LogP contribution in [0.25, 0.3) is 0 Å². The number of benzene rings is 2. The van der Waals surface area contributed by atoms with Crippen LogP contribution in [0.3, 0.4) is 0 Å². The van der Waals surface area contributed by atoms with Crippen LogP contribution in [0.5, 0.6) is 0 Å². The molecule has 4 nitrogen and oxygen atoms in total. The number of nitrogens with zero attached hydrogens (tertiary/aromatic N) is 1. The molecule has 0 aliphatic carbocycles. The lowest BCUT2D eigenvalue weighted by Gasteiger charge is -2.16. The Kier molecular flexibility index (Phi) is 6.15. The molecule has 0 spiro atoms. The maximum atomic E-state index is 12.0. The first-order chi connectivity index (χ1) is 12.1. The maximum Gasteiger partial charge on any atom is 0.234 e. The number of halogens is 1. The molecule has 1 aliphatic rings. The summed E-state index contributed by atoms with van der Waals surface area (Å²) in [5, 5.41) is 2.90. The third-order valence-electron chi connectivity index (χ3n) is 3.95. The van der Waals surface area contributed by atoms with Crippen LogP contribution in [-0.2, 0) is 15.3 Å². The molecule has 25 heavy (non-hydrogen) atoms. The molecule has 130 valence electrons. The smallest absolute Gasteiger partial charge is 0.234 e. The van der Waals surface area contributed by atoms with Gasteiger partial charge in [-0.05, 0) is 48.4 Å². The number of rotatable bonds is 6. The van der Waals surface area contributed by atoms with Gasteiger partial charge in [-0.15, -0.1) is 11.8 Å². The van der Waals surface area contributed by atoms with E-state index in [2.05, 4.69) is 21.2 Å². The Morgan fingerprint density at radius 2 is 1.84 bits per heavy atom. The molecule has 1 fully saturated rings. The molecule has 0 radical (unpaired) electrons. The SMILES string of the molecule is O=C(CSCc1ccc(Br)cc1)Nc1ccc(N2CCCC2=O)cc1. The average Bonchev–Trinajstić information content (AvgIpc) is 3.03. The Labute approximate surface area is 160 Å². The minimum atomic E-state index is -0.0212. The summed E-state index contributed by atoms with van der Waals surface area (Å²) in [7, 11) is 0. The van der Waals surface area contributed by atoms with Gasteiger partial charge in [-0.1, -0.05) is 28.1 Å². The molecular weight excluding hydrogens is 400 g/mol. The quantitative estimate of drug-likeness (QED) is 0.753. The largest absolute Gasteiger partial charge is 0.325 e. The van der Waals surface area contributed by atoms with Crippen molar-refractivity contribution in [2.75, 3.05) is 22.5 Å². The third-order valence-corrected chi connectivity index (χ3v) is 5.48. The first kappa shape index (κ1) is 18.0. The molecule has 0 aromatic heterocycles. The van der Waals surface area contributed by atoms with Crippen molar-refractivity contribution in [3.63, 3.8) is 0 Å². The second-order valence-electron chi connectivity index (χ2n) is 5.86. The van der Waals surface area contributed by atoms with Crippen LogP contribution in [0.4, 0.5) is 11.4 Å². The molecule has 1 saturated heterocycles. The monoisotopic (exact) mass is 418 g/mol. The fourth-order valence-electron chi connectivity index (χ4n) is 2.69. The molecule has 1 N–H and O–H groups in total. The van der Waals surface area contributed by atoms with Gasteiger partial charge in [0.15, 0.2) is 0 Å². The highest BCUT2D eigenvalue weighted by Gasteiger charge is 2.21. The van der Waals surface area contributed by atoms with E-state index < -0.39 is 0 Å². The Morgan fingerprint density at radius 1 is 1.12 bits per heavy atom. The lowest BCUT2D eigenvalue weighted by atomic mass is 10.2. The summed E-state index contributed by atoms with van der Waals surface area (Å²) in [6, 6.07) is 15.6. The van der Waals surface area contributed by atoms with Crippen molar-refractivity contribution in [3.8, 4) is 0 Å².